The van der Waals surface area contributed by atoms with Crippen molar-refractivity contribution in [2.75, 3.05) is 6.54 Å². The van der Waals surface area contributed by atoms with E-state index in [1.54, 1.807) is 24.5 Å². The monoisotopic (exact) mass is 407 g/mol. The van der Waals surface area contributed by atoms with E-state index in [4.69, 9.17) is 4.42 Å². The highest BCUT2D eigenvalue weighted by molar-refractivity contribution is 5.94. The van der Waals surface area contributed by atoms with Gasteiger partial charge in [0.25, 0.3) is 5.91 Å². The summed E-state index contributed by atoms with van der Waals surface area (Å²) in [6, 6.07) is 14.1. The first kappa shape index (κ1) is 19.4. The molecule has 4 aromatic rings. The highest BCUT2D eigenvalue weighted by Crippen LogP contribution is 2.20. The van der Waals surface area contributed by atoms with E-state index in [1.807, 2.05) is 10.6 Å². The lowest BCUT2D eigenvalue weighted by Crippen LogP contribution is -2.27. The molecule has 0 spiro atoms. The zero-order valence-corrected chi connectivity index (χ0v) is 15.8. The van der Waals surface area contributed by atoms with Gasteiger partial charge in [0.1, 0.15) is 17.4 Å². The first-order chi connectivity index (χ1) is 14.5. The van der Waals surface area contributed by atoms with Crippen molar-refractivity contribution in [3.05, 3.63) is 89.4 Å². The maximum atomic E-state index is 13.8. The average molecular weight is 407 g/mol. The number of nitrogens with one attached hydrogen (secondary N) is 1. The molecule has 152 valence electrons. The Kier molecular flexibility index (Phi) is 5.30. The minimum absolute atomic E-state index is 0.0207. The number of hydrogen-bond donors (Lipinski definition) is 2. The van der Waals surface area contributed by atoms with Crippen molar-refractivity contribution in [1.82, 2.24) is 14.9 Å². The Morgan fingerprint density at radius 3 is 2.70 bits per heavy atom. The minimum Gasteiger partial charge on any atom is -0.478 e. The number of furan rings is 1. The molecule has 2 aromatic heterocycles. The van der Waals surface area contributed by atoms with Crippen LogP contribution in [0, 0.1) is 5.82 Å². The molecule has 0 bridgehead atoms. The molecule has 0 aliphatic rings. The van der Waals surface area contributed by atoms with Crippen LogP contribution < -0.4 is 5.32 Å². The summed E-state index contributed by atoms with van der Waals surface area (Å²) in [6.07, 6.45) is 1.95. The highest BCUT2D eigenvalue weighted by atomic mass is 19.1. The first-order valence-corrected chi connectivity index (χ1v) is 9.30. The Balaban J connectivity index is 1.58. The summed E-state index contributed by atoms with van der Waals surface area (Å²) in [7, 11) is 0. The van der Waals surface area contributed by atoms with Gasteiger partial charge in [-0.05, 0) is 42.5 Å². The molecule has 0 atom stereocenters. The Morgan fingerprint density at radius 1 is 1.13 bits per heavy atom. The van der Waals surface area contributed by atoms with E-state index >= 15 is 0 Å². The summed E-state index contributed by atoms with van der Waals surface area (Å²) >= 11 is 0. The maximum absolute atomic E-state index is 13.8. The van der Waals surface area contributed by atoms with Crippen molar-refractivity contribution in [1.29, 1.82) is 0 Å². The van der Waals surface area contributed by atoms with Crippen LogP contribution in [0.2, 0.25) is 0 Å². The number of rotatable bonds is 7. The number of hydrogen-bond acceptors (Lipinski definition) is 4. The predicted molar refractivity (Wildman–Crippen MR) is 107 cm³/mol. The van der Waals surface area contributed by atoms with Crippen molar-refractivity contribution < 1.29 is 23.5 Å². The second-order valence-electron chi connectivity index (χ2n) is 6.69. The molecular weight excluding hydrogens is 389 g/mol. The smallest absolute Gasteiger partial charge is 0.335 e. The van der Waals surface area contributed by atoms with Crippen molar-refractivity contribution in [2.24, 2.45) is 0 Å². The molecule has 30 heavy (non-hydrogen) atoms. The zero-order valence-electron chi connectivity index (χ0n) is 15.8. The van der Waals surface area contributed by atoms with E-state index in [-0.39, 0.29) is 17.7 Å². The molecule has 0 unspecified atom stereocenters. The van der Waals surface area contributed by atoms with Gasteiger partial charge in [-0.25, -0.2) is 14.2 Å². The second-order valence-corrected chi connectivity index (χ2v) is 6.69. The largest absolute Gasteiger partial charge is 0.478 e. The summed E-state index contributed by atoms with van der Waals surface area (Å²) in [6.45, 7) is 0.646. The van der Waals surface area contributed by atoms with Gasteiger partial charge in [0.2, 0.25) is 0 Å². The molecule has 0 saturated carbocycles. The number of fused-ring (bicyclic) bond motifs is 1. The number of imidazole rings is 1. The number of benzene rings is 2. The van der Waals surface area contributed by atoms with Gasteiger partial charge in [-0.2, -0.15) is 0 Å². The van der Waals surface area contributed by atoms with Gasteiger partial charge in [-0.3, -0.25) is 4.79 Å². The Bertz CT molecular complexity index is 1210. The Hall–Kier alpha value is -3.94. The summed E-state index contributed by atoms with van der Waals surface area (Å²) in [5.74, 6) is -0.751. The number of carboxylic acid groups (broad SMARTS) is 1. The maximum Gasteiger partial charge on any atom is 0.335 e. The number of carboxylic acids is 1. The molecule has 0 radical (unpaired) electrons. The van der Waals surface area contributed by atoms with Crippen LogP contribution in [0.25, 0.3) is 11.0 Å². The van der Waals surface area contributed by atoms with E-state index in [9.17, 15) is 19.1 Å². The van der Waals surface area contributed by atoms with Crippen LogP contribution in [-0.4, -0.2) is 33.1 Å². The summed E-state index contributed by atoms with van der Waals surface area (Å²) in [5, 5.41) is 11.9. The number of amides is 1. The van der Waals surface area contributed by atoms with Gasteiger partial charge in [-0.15, -0.1) is 0 Å². The lowest BCUT2D eigenvalue weighted by Gasteiger charge is -2.09. The van der Waals surface area contributed by atoms with Crippen LogP contribution in [0.1, 0.15) is 32.3 Å². The number of carbonyl (C=O) groups excluding carboxylic acids is 1. The van der Waals surface area contributed by atoms with Crippen LogP contribution in [0.15, 0.2) is 65.3 Å². The van der Waals surface area contributed by atoms with E-state index in [1.165, 1.54) is 30.3 Å². The summed E-state index contributed by atoms with van der Waals surface area (Å²) in [4.78, 5) is 28.1. The van der Waals surface area contributed by atoms with Crippen molar-refractivity contribution in [3.63, 3.8) is 0 Å². The zero-order chi connectivity index (χ0) is 21.1. The number of aromatic nitrogens is 2. The fraction of sp³-hybridized carbons (Fsp3) is 0.136. The molecule has 0 saturated heterocycles. The third kappa shape index (κ3) is 3.93. The van der Waals surface area contributed by atoms with Gasteiger partial charge >= 0.3 is 5.97 Å². The topological polar surface area (TPSA) is 97.4 Å². The van der Waals surface area contributed by atoms with Gasteiger partial charge in [0.15, 0.2) is 0 Å². The predicted octanol–water partition coefficient (Wildman–Crippen LogP) is 3.49. The minimum atomic E-state index is -1.03. The molecule has 0 aliphatic heterocycles. The lowest BCUT2D eigenvalue weighted by molar-refractivity contribution is 0.0696. The molecule has 2 N–H and O–H groups in total. The Labute approximate surface area is 170 Å². The van der Waals surface area contributed by atoms with Gasteiger partial charge < -0.3 is 19.4 Å². The van der Waals surface area contributed by atoms with Crippen LogP contribution in [0.5, 0.6) is 0 Å². The van der Waals surface area contributed by atoms with Crippen LogP contribution in [-0.2, 0) is 13.0 Å². The van der Waals surface area contributed by atoms with Gasteiger partial charge in [0.05, 0.1) is 35.0 Å². The Morgan fingerprint density at radius 2 is 1.97 bits per heavy atom. The second kappa shape index (κ2) is 8.20. The number of carbonyl (C=O) groups is 2. The normalized spacial score (nSPS) is 11.0. The molecule has 1 amide bonds. The van der Waals surface area contributed by atoms with Crippen molar-refractivity contribution in [3.8, 4) is 0 Å². The fourth-order valence-corrected chi connectivity index (χ4v) is 3.27. The molecule has 8 heteroatoms. The van der Waals surface area contributed by atoms with Gasteiger partial charge in [0, 0.05) is 13.0 Å². The third-order valence-electron chi connectivity index (χ3n) is 4.72. The first-order valence-electron chi connectivity index (χ1n) is 9.30. The van der Waals surface area contributed by atoms with E-state index in [2.05, 4.69) is 10.3 Å². The van der Waals surface area contributed by atoms with Crippen molar-refractivity contribution >= 4 is 22.9 Å². The molecule has 2 aromatic carbocycles. The molecule has 2 heterocycles. The quantitative estimate of drug-likeness (QED) is 0.489. The van der Waals surface area contributed by atoms with Gasteiger partial charge in [-0.1, -0.05) is 12.1 Å². The van der Waals surface area contributed by atoms with Crippen LogP contribution in [0.3, 0.4) is 0 Å². The van der Waals surface area contributed by atoms with E-state index < -0.39 is 17.7 Å². The number of nitrogens with zero attached hydrogens (tertiary/aromatic N) is 2. The highest BCUT2D eigenvalue weighted by Gasteiger charge is 2.16. The SMILES string of the molecule is O=C(O)c1ccc2c(c1)nc(CCNC(=O)c1ccccc1F)n2Cc1ccco1. The summed E-state index contributed by atoms with van der Waals surface area (Å²) < 4.78 is 21.1. The van der Waals surface area contributed by atoms with Crippen LogP contribution in [0.4, 0.5) is 4.39 Å². The third-order valence-corrected chi connectivity index (χ3v) is 4.72. The van der Waals surface area contributed by atoms with Crippen molar-refractivity contribution in [2.45, 2.75) is 13.0 Å². The number of aromatic carboxylic acids is 1. The average Bonchev–Trinajstić information content (AvgIpc) is 3.36. The molecule has 4 rings (SSSR count). The molecule has 7 nitrogen and oxygen atoms in total. The molecule has 0 aliphatic carbocycles. The van der Waals surface area contributed by atoms with Crippen LogP contribution >= 0.6 is 0 Å². The van der Waals surface area contributed by atoms with E-state index in [0.717, 1.165) is 5.52 Å². The lowest BCUT2D eigenvalue weighted by atomic mass is 10.2. The van der Waals surface area contributed by atoms with E-state index in [0.29, 0.717) is 30.1 Å². The standard InChI is InChI=1S/C22H18FN3O4/c23-17-6-2-1-5-16(17)21(27)24-10-9-20-25-18-12-14(22(28)29)7-8-19(18)26(20)13-15-4-3-11-30-15/h1-8,11-12H,9-10,13H2,(H,24,27)(H,28,29). The summed E-state index contributed by atoms with van der Waals surface area (Å²) in [5.41, 5.74) is 1.42. The number of halogens is 1. The fourth-order valence-electron chi connectivity index (χ4n) is 3.27. The molecule has 0 fully saturated rings. The molecular formula is C22H18FN3O4.